The van der Waals surface area contributed by atoms with Crippen LogP contribution in [0.4, 0.5) is 0 Å². The molecule has 0 bridgehead atoms. The van der Waals surface area contributed by atoms with Crippen molar-refractivity contribution in [3.8, 4) is 0 Å². The molecule has 2 N–H and O–H groups in total. The fourth-order valence-electron chi connectivity index (χ4n) is 2.07. The first-order chi connectivity index (χ1) is 6.36. The summed E-state index contributed by atoms with van der Waals surface area (Å²) < 4.78 is 11.1. The Labute approximate surface area is 83.4 Å². The molecule has 0 spiro atoms. The zero-order chi connectivity index (χ0) is 10.6. The minimum atomic E-state index is -1.05. The molecule has 2 saturated heterocycles. The van der Waals surface area contributed by atoms with E-state index in [1.807, 2.05) is 21.1 Å². The zero-order valence-electron chi connectivity index (χ0n) is 8.80. The molecule has 0 amide bonds. The Morgan fingerprint density at radius 1 is 1.29 bits per heavy atom. The van der Waals surface area contributed by atoms with Crippen LogP contribution in [0.2, 0.25) is 0 Å². The molecule has 2 fully saturated rings. The highest BCUT2D eigenvalue weighted by molar-refractivity contribution is 4.99. The number of hydrogen-bond donors (Lipinski definition) is 2. The minimum Gasteiger partial charge on any atom is -0.388 e. The molecular weight excluding hydrogens is 186 g/mol. The number of nitrogens with zero attached hydrogens (tertiary/aromatic N) is 1. The van der Waals surface area contributed by atoms with E-state index in [2.05, 4.69) is 0 Å². The third-order valence-electron chi connectivity index (χ3n) is 3.23. The van der Waals surface area contributed by atoms with Crippen molar-refractivity contribution in [1.29, 1.82) is 0 Å². The van der Waals surface area contributed by atoms with Gasteiger partial charge in [0.25, 0.3) is 5.72 Å². The van der Waals surface area contributed by atoms with E-state index < -0.39 is 17.9 Å². The lowest BCUT2D eigenvalue weighted by molar-refractivity contribution is -0.952. The summed E-state index contributed by atoms with van der Waals surface area (Å²) in [5.74, 6) is 0. The fraction of sp³-hybridized carbons (Fsp3) is 1.00. The lowest BCUT2D eigenvalue weighted by atomic mass is 10.0. The first-order valence-electron chi connectivity index (χ1n) is 4.81. The van der Waals surface area contributed by atoms with Gasteiger partial charge >= 0.3 is 0 Å². The summed E-state index contributed by atoms with van der Waals surface area (Å²) in [7, 11) is 5.67. The van der Waals surface area contributed by atoms with Gasteiger partial charge in [-0.1, -0.05) is 0 Å². The number of rotatable bonds is 1. The molecule has 0 saturated carbocycles. The van der Waals surface area contributed by atoms with Gasteiger partial charge in [-0.3, -0.25) is 4.48 Å². The Kier molecular flexibility index (Phi) is 2.14. The normalized spacial score (nSPS) is 48.2. The van der Waals surface area contributed by atoms with Crippen LogP contribution < -0.4 is 0 Å². The SMILES string of the molecule is C[N+](C)(C)[C@]1(O)CO[C@@H]2[C@@H](O)CO[C@@H]21. The molecule has 0 radical (unpaired) electrons. The molecule has 2 rings (SSSR count). The molecule has 2 heterocycles. The van der Waals surface area contributed by atoms with Crippen LogP contribution in [0.25, 0.3) is 0 Å². The Morgan fingerprint density at radius 3 is 2.50 bits per heavy atom. The van der Waals surface area contributed by atoms with Crippen LogP contribution in [0.5, 0.6) is 0 Å². The van der Waals surface area contributed by atoms with Gasteiger partial charge in [0.15, 0.2) is 6.10 Å². The van der Waals surface area contributed by atoms with E-state index in [9.17, 15) is 10.2 Å². The van der Waals surface area contributed by atoms with Crippen LogP contribution >= 0.6 is 0 Å². The van der Waals surface area contributed by atoms with Crippen molar-refractivity contribution in [2.24, 2.45) is 0 Å². The molecule has 0 aromatic rings. The van der Waals surface area contributed by atoms with Gasteiger partial charge in [0.05, 0.1) is 27.7 Å². The maximum absolute atomic E-state index is 10.4. The van der Waals surface area contributed by atoms with Gasteiger partial charge in [0.2, 0.25) is 0 Å². The molecule has 14 heavy (non-hydrogen) atoms. The Morgan fingerprint density at radius 2 is 1.93 bits per heavy atom. The number of ether oxygens (including phenoxy) is 2. The van der Waals surface area contributed by atoms with Crippen molar-refractivity contribution in [3.63, 3.8) is 0 Å². The second-order valence-corrected chi connectivity index (χ2v) is 4.99. The largest absolute Gasteiger partial charge is 0.388 e. The molecule has 4 atom stereocenters. The van der Waals surface area contributed by atoms with Gasteiger partial charge in [-0.25, -0.2) is 0 Å². The average Bonchev–Trinajstić information content (AvgIpc) is 2.55. The molecule has 2 aliphatic rings. The van der Waals surface area contributed by atoms with Crippen molar-refractivity contribution >= 4 is 0 Å². The van der Waals surface area contributed by atoms with Crippen molar-refractivity contribution in [2.45, 2.75) is 24.0 Å². The molecule has 0 unspecified atom stereocenters. The summed E-state index contributed by atoms with van der Waals surface area (Å²) in [6.45, 7) is 0.459. The summed E-state index contributed by atoms with van der Waals surface area (Å²) in [6.07, 6.45) is -1.41. The van der Waals surface area contributed by atoms with Crippen LogP contribution in [0, 0.1) is 0 Å². The lowest BCUT2D eigenvalue weighted by Gasteiger charge is -2.40. The highest BCUT2D eigenvalue weighted by Gasteiger charge is 2.62. The van der Waals surface area contributed by atoms with Crippen LogP contribution in [0.1, 0.15) is 0 Å². The quantitative estimate of drug-likeness (QED) is 0.405. The number of fused-ring (bicyclic) bond motifs is 1. The predicted molar refractivity (Wildman–Crippen MR) is 48.5 cm³/mol. The van der Waals surface area contributed by atoms with Gasteiger partial charge in [-0.05, 0) is 0 Å². The maximum Gasteiger partial charge on any atom is 0.253 e. The zero-order valence-corrected chi connectivity index (χ0v) is 8.80. The molecule has 5 nitrogen and oxygen atoms in total. The van der Waals surface area contributed by atoms with Crippen LogP contribution in [-0.2, 0) is 9.47 Å². The lowest BCUT2D eigenvalue weighted by Crippen LogP contribution is -2.64. The topological polar surface area (TPSA) is 58.9 Å². The van der Waals surface area contributed by atoms with Crippen molar-refractivity contribution in [3.05, 3.63) is 0 Å². The fourth-order valence-corrected chi connectivity index (χ4v) is 2.07. The van der Waals surface area contributed by atoms with E-state index in [0.717, 1.165) is 0 Å². The number of quaternary nitrogens is 1. The van der Waals surface area contributed by atoms with Gasteiger partial charge in [-0.2, -0.15) is 0 Å². The smallest absolute Gasteiger partial charge is 0.253 e. The van der Waals surface area contributed by atoms with Crippen LogP contribution in [0.3, 0.4) is 0 Å². The average molecular weight is 204 g/mol. The van der Waals surface area contributed by atoms with Gasteiger partial charge in [0, 0.05) is 0 Å². The van der Waals surface area contributed by atoms with E-state index in [-0.39, 0.29) is 19.3 Å². The predicted octanol–water partition coefficient (Wildman–Crippen LogP) is -1.46. The molecule has 0 aromatic heterocycles. The summed E-state index contributed by atoms with van der Waals surface area (Å²) in [5.41, 5.74) is -1.05. The molecule has 82 valence electrons. The van der Waals surface area contributed by atoms with Gasteiger partial charge in [0.1, 0.15) is 18.8 Å². The standard InChI is InChI=1S/C9H18NO4/c1-10(2,3)9(12)5-14-7-6(11)4-13-8(7)9/h6-8,11-12H,4-5H2,1-3H3/q+1/t6-,7+,8-,9-/m0/s1. The summed E-state index contributed by atoms with van der Waals surface area (Å²) in [6, 6.07) is 0. The van der Waals surface area contributed by atoms with Crippen molar-refractivity contribution in [1.82, 2.24) is 0 Å². The highest BCUT2D eigenvalue weighted by atomic mass is 16.6. The monoisotopic (exact) mass is 204 g/mol. The number of hydrogen-bond acceptors (Lipinski definition) is 4. The first-order valence-corrected chi connectivity index (χ1v) is 4.81. The van der Waals surface area contributed by atoms with Crippen LogP contribution in [0.15, 0.2) is 0 Å². The Balaban J connectivity index is 2.25. The van der Waals surface area contributed by atoms with E-state index in [4.69, 9.17) is 9.47 Å². The molecule has 0 aliphatic carbocycles. The molecular formula is C9H18NO4+. The highest BCUT2D eigenvalue weighted by Crippen LogP contribution is 2.37. The van der Waals surface area contributed by atoms with Crippen molar-refractivity contribution < 1.29 is 24.2 Å². The Bertz CT molecular complexity index is 239. The van der Waals surface area contributed by atoms with Gasteiger partial charge < -0.3 is 19.7 Å². The Hall–Kier alpha value is -0.200. The summed E-state index contributed by atoms with van der Waals surface area (Å²) in [5, 5.41) is 20.0. The van der Waals surface area contributed by atoms with Crippen LogP contribution in [-0.4, -0.2) is 73.1 Å². The number of aliphatic hydroxyl groups is 2. The van der Waals surface area contributed by atoms with E-state index in [1.54, 1.807) is 0 Å². The van der Waals surface area contributed by atoms with E-state index >= 15 is 0 Å². The molecule has 0 aromatic carbocycles. The van der Waals surface area contributed by atoms with E-state index in [1.165, 1.54) is 0 Å². The minimum absolute atomic E-state index is 0.211. The number of aliphatic hydroxyl groups excluding tert-OH is 1. The summed E-state index contributed by atoms with van der Waals surface area (Å²) in [4.78, 5) is 0. The van der Waals surface area contributed by atoms with Gasteiger partial charge in [-0.15, -0.1) is 0 Å². The van der Waals surface area contributed by atoms with E-state index in [0.29, 0.717) is 4.48 Å². The first kappa shape index (κ1) is 10.3. The molecule has 2 aliphatic heterocycles. The van der Waals surface area contributed by atoms with Crippen molar-refractivity contribution in [2.75, 3.05) is 34.4 Å². The summed E-state index contributed by atoms with van der Waals surface area (Å²) >= 11 is 0. The second-order valence-electron chi connectivity index (χ2n) is 4.99. The third kappa shape index (κ3) is 1.20. The number of likely N-dealkylation sites (N-methyl/N-ethyl adjacent to an activating group) is 1. The maximum atomic E-state index is 10.4. The molecule has 5 heteroatoms. The third-order valence-corrected chi connectivity index (χ3v) is 3.23. The second kappa shape index (κ2) is 2.90.